The van der Waals surface area contributed by atoms with Gasteiger partial charge in [0.2, 0.25) is 0 Å². The molecular formula is C16H25NOS. The van der Waals surface area contributed by atoms with Gasteiger partial charge in [0, 0.05) is 24.1 Å². The molecule has 19 heavy (non-hydrogen) atoms. The van der Waals surface area contributed by atoms with Crippen molar-refractivity contribution in [3.8, 4) is 0 Å². The van der Waals surface area contributed by atoms with E-state index in [1.807, 2.05) is 11.3 Å². The molecule has 3 heteroatoms. The van der Waals surface area contributed by atoms with Gasteiger partial charge in [-0.2, -0.15) is 0 Å². The second-order valence-electron chi connectivity index (χ2n) is 6.03. The first-order valence-corrected chi connectivity index (χ1v) is 8.62. The van der Waals surface area contributed by atoms with E-state index in [2.05, 4.69) is 23.7 Å². The van der Waals surface area contributed by atoms with E-state index in [1.165, 1.54) is 49.0 Å². The standard InChI is InChI=1S/C16H25NOS/c1-2-13-6-10-19-15(13)12-17-14-5-9-18-16(11-14)7-3-4-8-16/h6,10,14,17H,2-5,7-9,11-12H2,1H3. The van der Waals surface area contributed by atoms with E-state index in [0.717, 1.165) is 19.6 Å². The Morgan fingerprint density at radius 1 is 1.42 bits per heavy atom. The lowest BCUT2D eigenvalue weighted by Gasteiger charge is -2.38. The van der Waals surface area contributed by atoms with Crippen LogP contribution in [0.3, 0.4) is 0 Å². The second kappa shape index (κ2) is 5.94. The zero-order valence-electron chi connectivity index (χ0n) is 11.9. The Hall–Kier alpha value is -0.380. The largest absolute Gasteiger partial charge is 0.375 e. The second-order valence-corrected chi connectivity index (χ2v) is 7.03. The molecule has 2 heterocycles. The van der Waals surface area contributed by atoms with Crippen molar-refractivity contribution in [1.29, 1.82) is 0 Å². The van der Waals surface area contributed by atoms with Crippen molar-refractivity contribution < 1.29 is 4.74 Å². The van der Waals surface area contributed by atoms with Gasteiger partial charge in [-0.1, -0.05) is 19.8 Å². The molecule has 1 N–H and O–H groups in total. The Morgan fingerprint density at radius 3 is 3.05 bits per heavy atom. The highest BCUT2D eigenvalue weighted by Crippen LogP contribution is 2.40. The van der Waals surface area contributed by atoms with Crippen LogP contribution in [0.4, 0.5) is 0 Å². The number of hydrogen-bond acceptors (Lipinski definition) is 3. The molecule has 1 aliphatic carbocycles. The summed E-state index contributed by atoms with van der Waals surface area (Å²) >= 11 is 1.89. The maximum Gasteiger partial charge on any atom is 0.0697 e. The number of hydrogen-bond donors (Lipinski definition) is 1. The molecule has 1 unspecified atom stereocenters. The molecule has 0 aromatic carbocycles. The first-order valence-electron chi connectivity index (χ1n) is 7.74. The minimum Gasteiger partial charge on any atom is -0.375 e. The summed E-state index contributed by atoms with van der Waals surface area (Å²) in [6, 6.07) is 2.92. The topological polar surface area (TPSA) is 21.3 Å². The van der Waals surface area contributed by atoms with Gasteiger partial charge >= 0.3 is 0 Å². The molecule has 1 saturated heterocycles. The van der Waals surface area contributed by atoms with Crippen molar-refractivity contribution in [3.63, 3.8) is 0 Å². The number of aryl methyl sites for hydroxylation is 1. The molecule has 1 spiro atoms. The average molecular weight is 279 g/mol. The van der Waals surface area contributed by atoms with Crippen LogP contribution >= 0.6 is 11.3 Å². The van der Waals surface area contributed by atoms with Crippen molar-refractivity contribution >= 4 is 11.3 Å². The molecule has 1 saturated carbocycles. The van der Waals surface area contributed by atoms with E-state index in [-0.39, 0.29) is 5.60 Å². The van der Waals surface area contributed by atoms with Crippen LogP contribution in [-0.2, 0) is 17.7 Å². The number of ether oxygens (including phenoxy) is 1. The van der Waals surface area contributed by atoms with Gasteiger partial charge in [0.15, 0.2) is 0 Å². The molecule has 0 radical (unpaired) electrons. The normalized spacial score (nSPS) is 26.1. The third kappa shape index (κ3) is 3.04. The van der Waals surface area contributed by atoms with Gasteiger partial charge in [-0.15, -0.1) is 11.3 Å². The van der Waals surface area contributed by atoms with Gasteiger partial charge in [0.1, 0.15) is 0 Å². The number of rotatable bonds is 4. The minimum absolute atomic E-state index is 0.235. The van der Waals surface area contributed by atoms with Crippen LogP contribution in [0.25, 0.3) is 0 Å². The molecule has 0 amide bonds. The number of nitrogens with one attached hydrogen (secondary N) is 1. The lowest BCUT2D eigenvalue weighted by Crippen LogP contribution is -2.45. The monoisotopic (exact) mass is 279 g/mol. The Bertz CT molecular complexity index is 409. The summed E-state index contributed by atoms with van der Waals surface area (Å²) in [6.45, 7) is 4.23. The van der Waals surface area contributed by atoms with Crippen LogP contribution < -0.4 is 5.32 Å². The molecule has 1 aliphatic heterocycles. The fraction of sp³-hybridized carbons (Fsp3) is 0.750. The molecule has 2 fully saturated rings. The molecular weight excluding hydrogens is 254 g/mol. The van der Waals surface area contributed by atoms with Gasteiger partial charge in [-0.3, -0.25) is 0 Å². The molecule has 106 valence electrons. The third-order valence-electron chi connectivity index (χ3n) is 4.78. The zero-order chi connectivity index (χ0) is 13.1. The highest BCUT2D eigenvalue weighted by Gasteiger charge is 2.39. The summed E-state index contributed by atoms with van der Waals surface area (Å²) in [6.07, 6.45) is 8.83. The predicted octanol–water partition coefficient (Wildman–Crippen LogP) is 3.89. The van der Waals surface area contributed by atoms with Crippen LogP contribution in [0, 0.1) is 0 Å². The van der Waals surface area contributed by atoms with Gasteiger partial charge in [-0.25, -0.2) is 0 Å². The molecule has 1 aromatic heterocycles. The molecule has 2 nitrogen and oxygen atoms in total. The quantitative estimate of drug-likeness (QED) is 0.903. The summed E-state index contributed by atoms with van der Waals surface area (Å²) in [5, 5.41) is 6.00. The van der Waals surface area contributed by atoms with Crippen LogP contribution in [-0.4, -0.2) is 18.2 Å². The van der Waals surface area contributed by atoms with Crippen LogP contribution in [0.2, 0.25) is 0 Å². The predicted molar refractivity (Wildman–Crippen MR) is 80.7 cm³/mol. The summed E-state index contributed by atoms with van der Waals surface area (Å²) in [5.41, 5.74) is 1.75. The zero-order valence-corrected chi connectivity index (χ0v) is 12.7. The molecule has 1 aromatic rings. The average Bonchev–Trinajstić information content (AvgIpc) is 3.06. The summed E-state index contributed by atoms with van der Waals surface area (Å²) < 4.78 is 6.10. The van der Waals surface area contributed by atoms with Crippen molar-refractivity contribution in [3.05, 3.63) is 21.9 Å². The molecule has 2 aliphatic rings. The Balaban J connectivity index is 1.55. The van der Waals surface area contributed by atoms with Gasteiger partial charge in [0.25, 0.3) is 0 Å². The van der Waals surface area contributed by atoms with E-state index in [9.17, 15) is 0 Å². The van der Waals surface area contributed by atoms with Gasteiger partial charge in [-0.05, 0) is 49.1 Å². The van der Waals surface area contributed by atoms with Crippen LogP contribution in [0.1, 0.15) is 55.9 Å². The highest BCUT2D eigenvalue weighted by atomic mass is 32.1. The van der Waals surface area contributed by atoms with E-state index in [0.29, 0.717) is 6.04 Å². The summed E-state index contributed by atoms with van der Waals surface area (Å²) in [4.78, 5) is 1.52. The SMILES string of the molecule is CCc1ccsc1CNC1CCOC2(CCCC2)C1. The number of thiophene rings is 1. The van der Waals surface area contributed by atoms with Crippen molar-refractivity contribution in [2.24, 2.45) is 0 Å². The van der Waals surface area contributed by atoms with Crippen molar-refractivity contribution in [1.82, 2.24) is 5.32 Å². The van der Waals surface area contributed by atoms with E-state index >= 15 is 0 Å². The lowest BCUT2D eigenvalue weighted by atomic mass is 9.89. The van der Waals surface area contributed by atoms with Crippen LogP contribution in [0.5, 0.6) is 0 Å². The van der Waals surface area contributed by atoms with Crippen LogP contribution in [0.15, 0.2) is 11.4 Å². The summed E-state index contributed by atoms with van der Waals surface area (Å²) in [7, 11) is 0. The Kier molecular flexibility index (Phi) is 4.25. The fourth-order valence-corrected chi connectivity index (χ4v) is 4.57. The van der Waals surface area contributed by atoms with Crippen molar-refractivity contribution in [2.45, 2.75) is 70.1 Å². The third-order valence-corrected chi connectivity index (χ3v) is 5.74. The first-order chi connectivity index (χ1) is 9.31. The fourth-order valence-electron chi connectivity index (χ4n) is 3.64. The molecule has 0 bridgehead atoms. The first kappa shape index (κ1) is 13.6. The highest BCUT2D eigenvalue weighted by molar-refractivity contribution is 7.10. The summed E-state index contributed by atoms with van der Waals surface area (Å²) in [5.74, 6) is 0. The molecule has 1 atom stereocenters. The van der Waals surface area contributed by atoms with Gasteiger partial charge < -0.3 is 10.1 Å². The van der Waals surface area contributed by atoms with E-state index in [4.69, 9.17) is 4.74 Å². The molecule has 3 rings (SSSR count). The smallest absolute Gasteiger partial charge is 0.0697 e. The van der Waals surface area contributed by atoms with Crippen molar-refractivity contribution in [2.75, 3.05) is 6.61 Å². The van der Waals surface area contributed by atoms with E-state index in [1.54, 1.807) is 0 Å². The van der Waals surface area contributed by atoms with E-state index < -0.39 is 0 Å². The lowest BCUT2D eigenvalue weighted by molar-refractivity contribution is -0.0837. The van der Waals surface area contributed by atoms with Gasteiger partial charge in [0.05, 0.1) is 5.60 Å². The minimum atomic E-state index is 0.235. The maximum absolute atomic E-state index is 6.10. The Labute approximate surface area is 120 Å². The Morgan fingerprint density at radius 2 is 2.26 bits per heavy atom. The maximum atomic E-state index is 6.10.